The molecule has 0 radical (unpaired) electrons. The summed E-state index contributed by atoms with van der Waals surface area (Å²) in [6, 6.07) is 7.39. The lowest BCUT2D eigenvalue weighted by Gasteiger charge is -2.32. The lowest BCUT2D eigenvalue weighted by Crippen LogP contribution is -2.36. The average molecular weight is 370 g/mol. The fraction of sp³-hybridized carbons (Fsp3) is 0.286. The van der Waals surface area contributed by atoms with E-state index in [9.17, 15) is 20.1 Å². The topological polar surface area (TPSA) is 96.2 Å². The third-order valence-electron chi connectivity index (χ3n) is 4.40. The average Bonchev–Trinajstić information content (AvgIpc) is 2.63. The van der Waals surface area contributed by atoms with Gasteiger partial charge in [0.1, 0.15) is 28.6 Å². The maximum Gasteiger partial charge on any atom is 0.202 e. The molecule has 0 bridgehead atoms. The van der Waals surface area contributed by atoms with Crippen LogP contribution in [0.25, 0.3) is 6.08 Å². The van der Waals surface area contributed by atoms with Crippen LogP contribution in [0.2, 0.25) is 0 Å². The smallest absolute Gasteiger partial charge is 0.202 e. The first-order valence-electron chi connectivity index (χ1n) is 8.63. The van der Waals surface area contributed by atoms with Gasteiger partial charge in [-0.3, -0.25) is 4.79 Å². The Kier molecular flexibility index (Phi) is 5.10. The van der Waals surface area contributed by atoms with Gasteiger partial charge in [0.15, 0.2) is 12.2 Å². The Hall–Kier alpha value is -2.99. The van der Waals surface area contributed by atoms with Crippen LogP contribution in [0.3, 0.4) is 0 Å². The van der Waals surface area contributed by atoms with Crippen LogP contribution in [0.5, 0.6) is 23.0 Å². The van der Waals surface area contributed by atoms with Gasteiger partial charge in [0.05, 0.1) is 12.7 Å². The predicted octanol–water partition coefficient (Wildman–Crippen LogP) is 3.45. The Balaban J connectivity index is 2.17. The minimum Gasteiger partial charge on any atom is -0.508 e. The molecule has 6 heteroatoms. The van der Waals surface area contributed by atoms with Gasteiger partial charge in [-0.05, 0) is 23.6 Å². The van der Waals surface area contributed by atoms with Crippen molar-refractivity contribution < 1.29 is 29.6 Å². The highest BCUT2D eigenvalue weighted by Crippen LogP contribution is 2.46. The van der Waals surface area contributed by atoms with Gasteiger partial charge in [-0.2, -0.15) is 0 Å². The van der Waals surface area contributed by atoms with Crippen LogP contribution in [-0.4, -0.2) is 34.3 Å². The van der Waals surface area contributed by atoms with Crippen LogP contribution in [0.15, 0.2) is 36.4 Å². The first-order chi connectivity index (χ1) is 12.8. The number of ketones is 1. The van der Waals surface area contributed by atoms with Crippen LogP contribution < -0.4 is 9.47 Å². The number of ether oxygens (including phenoxy) is 2. The minimum absolute atomic E-state index is 0.0654. The number of carbonyl (C=O) groups is 1. The molecule has 0 unspecified atom stereocenters. The van der Waals surface area contributed by atoms with E-state index < -0.39 is 18.0 Å². The normalized spacial score (nSPS) is 19.2. The number of benzene rings is 2. The van der Waals surface area contributed by atoms with Crippen LogP contribution in [-0.2, 0) is 0 Å². The SMILES string of the molecule is COc1cc(O)c(/C=C/C(C)C)c2c1C(=O)[C@@H](O)[C@@H](c1ccc(O)cc1)O2. The molecule has 1 aliphatic rings. The number of phenols is 2. The van der Waals surface area contributed by atoms with Gasteiger partial charge in [0.25, 0.3) is 0 Å². The summed E-state index contributed by atoms with van der Waals surface area (Å²) in [5.41, 5.74) is 0.977. The Labute approximate surface area is 157 Å². The summed E-state index contributed by atoms with van der Waals surface area (Å²) in [6.07, 6.45) is 1.15. The molecule has 1 heterocycles. The molecule has 0 amide bonds. The van der Waals surface area contributed by atoms with Crippen molar-refractivity contribution in [1.82, 2.24) is 0 Å². The van der Waals surface area contributed by atoms with E-state index in [1.807, 2.05) is 19.9 Å². The van der Waals surface area contributed by atoms with Gasteiger partial charge in [-0.25, -0.2) is 0 Å². The number of carbonyl (C=O) groups excluding carboxylic acids is 1. The molecule has 142 valence electrons. The Morgan fingerprint density at radius 1 is 1.19 bits per heavy atom. The molecule has 0 fully saturated rings. The molecule has 0 saturated carbocycles. The highest BCUT2D eigenvalue weighted by atomic mass is 16.5. The molecule has 0 aliphatic carbocycles. The molecular formula is C21H22O6. The quantitative estimate of drug-likeness (QED) is 0.763. The number of hydrogen-bond donors (Lipinski definition) is 3. The van der Waals surface area contributed by atoms with E-state index in [4.69, 9.17) is 9.47 Å². The van der Waals surface area contributed by atoms with Crippen molar-refractivity contribution in [2.75, 3.05) is 7.11 Å². The molecule has 6 nitrogen and oxygen atoms in total. The molecule has 27 heavy (non-hydrogen) atoms. The molecular weight excluding hydrogens is 348 g/mol. The van der Waals surface area contributed by atoms with Gasteiger partial charge < -0.3 is 24.8 Å². The van der Waals surface area contributed by atoms with Gasteiger partial charge >= 0.3 is 0 Å². The van der Waals surface area contributed by atoms with Crippen molar-refractivity contribution in [3.8, 4) is 23.0 Å². The summed E-state index contributed by atoms with van der Waals surface area (Å²) in [6.45, 7) is 3.97. The van der Waals surface area contributed by atoms with Gasteiger partial charge in [-0.15, -0.1) is 0 Å². The number of aliphatic hydroxyl groups excluding tert-OH is 1. The summed E-state index contributed by atoms with van der Waals surface area (Å²) in [7, 11) is 1.38. The number of phenolic OH excluding ortho intramolecular Hbond substituents is 2. The number of allylic oxidation sites excluding steroid dienone is 1. The van der Waals surface area contributed by atoms with Crippen molar-refractivity contribution >= 4 is 11.9 Å². The Morgan fingerprint density at radius 2 is 1.85 bits per heavy atom. The second-order valence-corrected chi connectivity index (χ2v) is 6.76. The molecule has 2 atom stereocenters. The van der Waals surface area contributed by atoms with E-state index in [0.717, 1.165) is 0 Å². The van der Waals surface area contributed by atoms with Crippen molar-refractivity contribution in [3.05, 3.63) is 53.1 Å². The van der Waals surface area contributed by atoms with Crippen LogP contribution >= 0.6 is 0 Å². The van der Waals surface area contributed by atoms with Crippen LogP contribution in [0.1, 0.15) is 41.4 Å². The van der Waals surface area contributed by atoms with Crippen molar-refractivity contribution in [1.29, 1.82) is 0 Å². The van der Waals surface area contributed by atoms with E-state index in [1.54, 1.807) is 18.2 Å². The van der Waals surface area contributed by atoms with Gasteiger partial charge in [0, 0.05) is 6.07 Å². The number of Topliss-reactive ketones (excluding diaryl/α,β-unsaturated/α-hetero) is 1. The number of hydrogen-bond acceptors (Lipinski definition) is 6. The molecule has 2 aromatic rings. The number of methoxy groups -OCH3 is 1. The summed E-state index contributed by atoms with van der Waals surface area (Å²) < 4.78 is 11.2. The van der Waals surface area contributed by atoms with E-state index in [1.165, 1.54) is 25.3 Å². The molecule has 2 aromatic carbocycles. The fourth-order valence-corrected chi connectivity index (χ4v) is 2.99. The molecule has 3 N–H and O–H groups in total. The standard InChI is InChI=1S/C21H22O6/c1-11(2)4-9-14-15(23)10-16(26-3)17-18(24)19(25)20(27-21(14)17)12-5-7-13(22)8-6-12/h4-11,19-20,22-23,25H,1-3H3/b9-4+/t19-,20-/m1/s1. The Morgan fingerprint density at radius 3 is 2.44 bits per heavy atom. The third-order valence-corrected chi connectivity index (χ3v) is 4.40. The second-order valence-electron chi connectivity index (χ2n) is 6.76. The lowest BCUT2D eigenvalue weighted by molar-refractivity contribution is 0.0209. The van der Waals surface area contributed by atoms with E-state index in [-0.39, 0.29) is 34.5 Å². The molecule has 0 saturated heterocycles. The lowest BCUT2D eigenvalue weighted by atomic mass is 9.90. The van der Waals surface area contributed by atoms with Crippen molar-refractivity contribution in [3.63, 3.8) is 0 Å². The monoisotopic (exact) mass is 370 g/mol. The van der Waals surface area contributed by atoms with E-state index in [2.05, 4.69) is 0 Å². The summed E-state index contributed by atoms with van der Waals surface area (Å²) in [4.78, 5) is 12.9. The second kappa shape index (κ2) is 7.32. The number of aromatic hydroxyl groups is 2. The van der Waals surface area contributed by atoms with Crippen molar-refractivity contribution in [2.45, 2.75) is 26.1 Å². The third kappa shape index (κ3) is 3.48. The zero-order valence-electron chi connectivity index (χ0n) is 15.3. The highest BCUT2D eigenvalue weighted by molar-refractivity contribution is 6.07. The van der Waals surface area contributed by atoms with Gasteiger partial charge in [-0.1, -0.05) is 38.1 Å². The minimum atomic E-state index is -1.44. The number of rotatable bonds is 4. The zero-order valence-corrected chi connectivity index (χ0v) is 15.3. The first kappa shape index (κ1) is 18.8. The van der Waals surface area contributed by atoms with Crippen LogP contribution in [0.4, 0.5) is 0 Å². The predicted molar refractivity (Wildman–Crippen MR) is 100 cm³/mol. The number of aliphatic hydroxyl groups is 1. The summed E-state index contributed by atoms with van der Waals surface area (Å²) in [5, 5.41) is 30.4. The zero-order chi connectivity index (χ0) is 19.7. The Bertz CT molecular complexity index is 883. The molecule has 3 rings (SSSR count). The molecule has 1 aliphatic heterocycles. The van der Waals surface area contributed by atoms with E-state index in [0.29, 0.717) is 11.1 Å². The number of fused-ring (bicyclic) bond motifs is 1. The van der Waals surface area contributed by atoms with Crippen LogP contribution in [0, 0.1) is 5.92 Å². The summed E-state index contributed by atoms with van der Waals surface area (Å²) in [5.74, 6) is -0.0494. The highest BCUT2D eigenvalue weighted by Gasteiger charge is 2.40. The van der Waals surface area contributed by atoms with Crippen molar-refractivity contribution in [2.24, 2.45) is 5.92 Å². The van der Waals surface area contributed by atoms with Gasteiger partial charge in [0.2, 0.25) is 5.78 Å². The first-order valence-corrected chi connectivity index (χ1v) is 8.63. The molecule has 0 spiro atoms. The molecule has 0 aromatic heterocycles. The maximum atomic E-state index is 12.9. The summed E-state index contributed by atoms with van der Waals surface area (Å²) >= 11 is 0. The maximum absolute atomic E-state index is 12.9. The largest absolute Gasteiger partial charge is 0.508 e. The fourth-order valence-electron chi connectivity index (χ4n) is 2.99. The van der Waals surface area contributed by atoms with E-state index >= 15 is 0 Å².